The predicted octanol–water partition coefficient (Wildman–Crippen LogP) is -0.286. The molecule has 2 N–H and O–H groups in total. The van der Waals surface area contributed by atoms with Crippen LogP contribution in [0.1, 0.15) is 6.42 Å². The van der Waals surface area contributed by atoms with Gasteiger partial charge in [0.05, 0.1) is 6.61 Å². The maximum atomic E-state index is 8.28. The van der Waals surface area contributed by atoms with Gasteiger partial charge in [-0.25, -0.2) is 0 Å². The van der Waals surface area contributed by atoms with E-state index in [1.807, 2.05) is 0 Å². The van der Waals surface area contributed by atoms with Crippen molar-refractivity contribution in [2.45, 2.75) is 6.42 Å². The summed E-state index contributed by atoms with van der Waals surface area (Å²) in [6, 6.07) is 0. The van der Waals surface area contributed by atoms with Crippen LogP contribution in [-0.4, -0.2) is 37.2 Å². The largest absolute Gasteiger partial charge is 0.380 e. The van der Waals surface area contributed by atoms with Crippen molar-refractivity contribution in [3.8, 4) is 6.19 Å². The molecule has 5 heteroatoms. The quantitative estimate of drug-likeness (QED) is 0.226. The van der Waals surface area contributed by atoms with E-state index < -0.39 is 0 Å². The van der Waals surface area contributed by atoms with Gasteiger partial charge in [-0.1, -0.05) is 0 Å². The van der Waals surface area contributed by atoms with Crippen molar-refractivity contribution in [2.75, 3.05) is 26.3 Å². The Labute approximate surface area is 71.4 Å². The molecule has 0 radical (unpaired) electrons. The molecule has 0 aromatic carbocycles. The van der Waals surface area contributed by atoms with Gasteiger partial charge in [0.1, 0.15) is 0 Å². The highest BCUT2D eigenvalue weighted by atomic mass is 16.5. The maximum Gasteiger partial charge on any atom is 0.204 e. The lowest BCUT2D eigenvalue weighted by Crippen LogP contribution is -2.39. The standard InChI is InChI=1S/C7H12N4O/c8-6-10-7(9)11-2-1-4-12-5-3-11/h1-5H2,(H2,9,10). The molecule has 0 aliphatic carbocycles. The fourth-order valence-electron chi connectivity index (χ4n) is 1.10. The van der Waals surface area contributed by atoms with Crippen LogP contribution in [0.4, 0.5) is 0 Å². The SMILES string of the molecule is N#CNC(=N)N1CCCOCC1. The van der Waals surface area contributed by atoms with E-state index in [-0.39, 0.29) is 5.96 Å². The van der Waals surface area contributed by atoms with Crippen LogP contribution in [0, 0.1) is 16.9 Å². The third-order valence-electron chi connectivity index (χ3n) is 1.71. The average molecular weight is 168 g/mol. The van der Waals surface area contributed by atoms with Gasteiger partial charge in [-0.05, 0) is 6.42 Å². The number of rotatable bonds is 0. The molecule has 1 heterocycles. The first kappa shape index (κ1) is 8.81. The first-order valence-corrected chi connectivity index (χ1v) is 3.91. The lowest BCUT2D eigenvalue weighted by Gasteiger charge is -2.20. The molecule has 0 amide bonds. The van der Waals surface area contributed by atoms with Crippen molar-refractivity contribution in [2.24, 2.45) is 0 Å². The first-order chi connectivity index (χ1) is 5.84. The van der Waals surface area contributed by atoms with Crippen LogP contribution in [0.2, 0.25) is 0 Å². The van der Waals surface area contributed by atoms with E-state index >= 15 is 0 Å². The third kappa shape index (κ3) is 2.40. The van der Waals surface area contributed by atoms with Gasteiger partial charge in [0.25, 0.3) is 0 Å². The summed E-state index contributed by atoms with van der Waals surface area (Å²) < 4.78 is 5.20. The molecule has 1 aliphatic heterocycles. The lowest BCUT2D eigenvalue weighted by atomic mass is 10.4. The molecule has 1 saturated heterocycles. The minimum absolute atomic E-state index is 0.169. The summed E-state index contributed by atoms with van der Waals surface area (Å²) >= 11 is 0. The van der Waals surface area contributed by atoms with E-state index in [1.54, 1.807) is 11.1 Å². The summed E-state index contributed by atoms with van der Waals surface area (Å²) in [5.41, 5.74) is 0. The number of ether oxygens (including phenoxy) is 1. The maximum absolute atomic E-state index is 8.28. The highest BCUT2D eigenvalue weighted by molar-refractivity contribution is 5.78. The molecular formula is C7H12N4O. The molecule has 1 rings (SSSR count). The predicted molar refractivity (Wildman–Crippen MR) is 43.5 cm³/mol. The lowest BCUT2D eigenvalue weighted by molar-refractivity contribution is 0.147. The molecular weight excluding hydrogens is 156 g/mol. The van der Waals surface area contributed by atoms with Crippen molar-refractivity contribution in [1.82, 2.24) is 10.2 Å². The van der Waals surface area contributed by atoms with Gasteiger partial charge in [-0.2, -0.15) is 5.26 Å². The number of nitrogens with zero attached hydrogens (tertiary/aromatic N) is 2. The van der Waals surface area contributed by atoms with Gasteiger partial charge >= 0.3 is 0 Å². The average Bonchev–Trinajstić information content (AvgIpc) is 2.32. The van der Waals surface area contributed by atoms with Crippen LogP contribution in [-0.2, 0) is 4.74 Å². The van der Waals surface area contributed by atoms with Gasteiger partial charge in [0.15, 0.2) is 6.19 Å². The molecule has 12 heavy (non-hydrogen) atoms. The van der Waals surface area contributed by atoms with Crippen LogP contribution >= 0.6 is 0 Å². The Morgan fingerprint density at radius 1 is 1.50 bits per heavy atom. The number of nitrogens with one attached hydrogen (secondary N) is 2. The van der Waals surface area contributed by atoms with E-state index in [2.05, 4.69) is 5.32 Å². The van der Waals surface area contributed by atoms with Crippen molar-refractivity contribution < 1.29 is 4.74 Å². The first-order valence-electron chi connectivity index (χ1n) is 3.91. The molecule has 1 aliphatic rings. The van der Waals surface area contributed by atoms with Crippen LogP contribution in [0.25, 0.3) is 0 Å². The van der Waals surface area contributed by atoms with Crippen molar-refractivity contribution in [3.63, 3.8) is 0 Å². The highest BCUT2D eigenvalue weighted by Crippen LogP contribution is 1.97. The minimum atomic E-state index is 0.169. The smallest absolute Gasteiger partial charge is 0.204 e. The highest BCUT2D eigenvalue weighted by Gasteiger charge is 2.11. The molecule has 0 saturated carbocycles. The zero-order valence-corrected chi connectivity index (χ0v) is 6.84. The molecule has 0 spiro atoms. The Kier molecular flexibility index (Phi) is 3.35. The van der Waals surface area contributed by atoms with Gasteiger partial charge in [-0.15, -0.1) is 0 Å². The van der Waals surface area contributed by atoms with Crippen molar-refractivity contribution >= 4 is 5.96 Å². The van der Waals surface area contributed by atoms with Gasteiger partial charge in [0, 0.05) is 19.7 Å². The molecule has 0 bridgehead atoms. The van der Waals surface area contributed by atoms with E-state index in [4.69, 9.17) is 15.4 Å². The fourth-order valence-corrected chi connectivity index (χ4v) is 1.10. The topological polar surface area (TPSA) is 72.1 Å². The second-order valence-corrected chi connectivity index (χ2v) is 2.54. The van der Waals surface area contributed by atoms with Crippen molar-refractivity contribution in [1.29, 1.82) is 10.7 Å². The monoisotopic (exact) mass is 168 g/mol. The summed E-state index contributed by atoms with van der Waals surface area (Å²) in [5, 5.41) is 18.0. The van der Waals surface area contributed by atoms with E-state index in [9.17, 15) is 0 Å². The zero-order valence-electron chi connectivity index (χ0n) is 6.84. The van der Waals surface area contributed by atoms with E-state index in [0.717, 1.165) is 19.6 Å². The number of guanidine groups is 1. The number of hydrogen-bond acceptors (Lipinski definition) is 3. The zero-order chi connectivity index (χ0) is 8.81. The Balaban J connectivity index is 2.38. The normalized spacial score (nSPS) is 17.8. The van der Waals surface area contributed by atoms with Gasteiger partial charge < -0.3 is 9.64 Å². The summed E-state index contributed by atoms with van der Waals surface area (Å²) in [5.74, 6) is 0.169. The summed E-state index contributed by atoms with van der Waals surface area (Å²) in [6.07, 6.45) is 2.64. The molecule has 0 atom stereocenters. The Hall–Kier alpha value is -1.28. The van der Waals surface area contributed by atoms with E-state index in [1.165, 1.54) is 0 Å². The molecule has 0 aromatic heterocycles. The van der Waals surface area contributed by atoms with Crippen LogP contribution in [0.15, 0.2) is 0 Å². The Bertz CT molecular complexity index is 190. The molecule has 1 fully saturated rings. The van der Waals surface area contributed by atoms with Crippen LogP contribution in [0.5, 0.6) is 0 Å². The fraction of sp³-hybridized carbons (Fsp3) is 0.714. The summed E-state index contributed by atoms with van der Waals surface area (Å²) in [7, 11) is 0. The van der Waals surface area contributed by atoms with Gasteiger partial charge in [0.2, 0.25) is 5.96 Å². The number of hydrogen-bond donors (Lipinski definition) is 2. The second-order valence-electron chi connectivity index (χ2n) is 2.54. The molecule has 0 unspecified atom stereocenters. The molecule has 66 valence electrons. The Morgan fingerprint density at radius 2 is 2.33 bits per heavy atom. The second kappa shape index (κ2) is 4.57. The third-order valence-corrected chi connectivity index (χ3v) is 1.71. The number of nitriles is 1. The minimum Gasteiger partial charge on any atom is -0.380 e. The van der Waals surface area contributed by atoms with E-state index in [0.29, 0.717) is 13.2 Å². The molecule has 0 aromatic rings. The molecule has 5 nitrogen and oxygen atoms in total. The van der Waals surface area contributed by atoms with Crippen molar-refractivity contribution in [3.05, 3.63) is 0 Å². The van der Waals surface area contributed by atoms with Gasteiger partial charge in [-0.3, -0.25) is 10.7 Å². The summed E-state index contributed by atoms with van der Waals surface area (Å²) in [4.78, 5) is 1.80. The van der Waals surface area contributed by atoms with Crippen LogP contribution < -0.4 is 5.32 Å². The Morgan fingerprint density at radius 3 is 3.08 bits per heavy atom. The summed E-state index contributed by atoms with van der Waals surface area (Å²) in [6.45, 7) is 2.85. The van der Waals surface area contributed by atoms with Crippen LogP contribution in [0.3, 0.4) is 0 Å².